The van der Waals surface area contributed by atoms with Gasteiger partial charge in [0.25, 0.3) is 0 Å². The topological polar surface area (TPSA) is 77.0 Å². The van der Waals surface area contributed by atoms with Gasteiger partial charge in [-0.25, -0.2) is 0 Å². The molecule has 1 atom stereocenters. The van der Waals surface area contributed by atoms with E-state index in [1.807, 2.05) is 0 Å². The Morgan fingerprint density at radius 3 is 2.56 bits per heavy atom. The van der Waals surface area contributed by atoms with Crippen molar-refractivity contribution in [1.29, 1.82) is 0 Å². The van der Waals surface area contributed by atoms with E-state index in [4.69, 9.17) is 10.3 Å². The molecule has 1 aliphatic heterocycles. The second-order valence-electron chi connectivity index (χ2n) is 6.00. The van der Waals surface area contributed by atoms with Crippen molar-refractivity contribution in [2.24, 2.45) is 5.73 Å². The van der Waals surface area contributed by atoms with Crippen molar-refractivity contribution in [3.8, 4) is 0 Å². The number of hydrogen-bond donors (Lipinski definition) is 2. The van der Waals surface area contributed by atoms with Crippen LogP contribution in [0.5, 0.6) is 0 Å². The highest BCUT2D eigenvalue weighted by atomic mass is 16.5. The molecule has 0 spiro atoms. The Morgan fingerprint density at radius 1 is 1.17 bits per heavy atom. The molecule has 2 aliphatic rings. The summed E-state index contributed by atoms with van der Waals surface area (Å²) in [5, 5.41) is 7.63. The Morgan fingerprint density at radius 2 is 1.89 bits per heavy atom. The van der Waals surface area contributed by atoms with Crippen molar-refractivity contribution in [2.45, 2.75) is 62.9 Å². The number of rotatable bonds is 2. The van der Waals surface area contributed by atoms with E-state index >= 15 is 0 Å². The molecule has 18 heavy (non-hydrogen) atoms. The highest BCUT2D eigenvalue weighted by molar-refractivity contribution is 5.10. The predicted octanol–water partition coefficient (Wildman–Crippen LogP) is 1.79. The quantitative estimate of drug-likeness (QED) is 0.836. The van der Waals surface area contributed by atoms with Gasteiger partial charge in [-0.15, -0.1) is 0 Å². The lowest BCUT2D eigenvalue weighted by atomic mass is 9.90. The molecule has 2 heterocycles. The summed E-state index contributed by atoms with van der Waals surface area (Å²) in [6.07, 6.45) is 7.73. The van der Waals surface area contributed by atoms with Crippen LogP contribution in [0.3, 0.4) is 0 Å². The van der Waals surface area contributed by atoms with Crippen molar-refractivity contribution in [3.63, 3.8) is 0 Å². The summed E-state index contributed by atoms with van der Waals surface area (Å²) >= 11 is 0. The maximum absolute atomic E-state index is 6.36. The van der Waals surface area contributed by atoms with E-state index in [0.717, 1.165) is 38.6 Å². The zero-order valence-electron chi connectivity index (χ0n) is 11.0. The van der Waals surface area contributed by atoms with Crippen LogP contribution >= 0.6 is 0 Å². The molecule has 0 bridgehead atoms. The van der Waals surface area contributed by atoms with Crippen molar-refractivity contribution >= 4 is 0 Å². The zero-order valence-corrected chi connectivity index (χ0v) is 11.0. The summed E-state index contributed by atoms with van der Waals surface area (Å²) in [5.41, 5.74) is 5.84. The SMILES string of the molecule is CC1(c2nc(C3(N)CCCC3)no2)CCCCN1. The van der Waals surface area contributed by atoms with Gasteiger partial charge in [0.2, 0.25) is 5.89 Å². The Balaban J connectivity index is 1.84. The summed E-state index contributed by atoms with van der Waals surface area (Å²) in [7, 11) is 0. The largest absolute Gasteiger partial charge is 0.337 e. The summed E-state index contributed by atoms with van der Waals surface area (Å²) < 4.78 is 5.48. The molecule has 5 heteroatoms. The van der Waals surface area contributed by atoms with Crippen LogP contribution in [0, 0.1) is 0 Å². The molecule has 2 fully saturated rings. The van der Waals surface area contributed by atoms with Crippen LogP contribution in [0.2, 0.25) is 0 Å². The first-order valence-corrected chi connectivity index (χ1v) is 7.01. The lowest BCUT2D eigenvalue weighted by Crippen LogP contribution is -2.43. The fraction of sp³-hybridized carbons (Fsp3) is 0.846. The van der Waals surface area contributed by atoms with Crippen molar-refractivity contribution in [3.05, 3.63) is 11.7 Å². The average molecular weight is 250 g/mol. The van der Waals surface area contributed by atoms with E-state index in [9.17, 15) is 0 Å². The first-order chi connectivity index (χ1) is 8.62. The molecule has 3 rings (SSSR count). The van der Waals surface area contributed by atoms with Crippen molar-refractivity contribution in [2.75, 3.05) is 6.54 Å². The standard InChI is InChI=1S/C13H22N4O/c1-12(6-4-5-9-15-12)11-16-10(17-18-11)13(14)7-2-3-8-13/h15H,2-9,14H2,1H3. The molecule has 0 aromatic carbocycles. The van der Waals surface area contributed by atoms with E-state index in [-0.39, 0.29) is 11.1 Å². The average Bonchev–Trinajstić information content (AvgIpc) is 2.99. The lowest BCUT2D eigenvalue weighted by molar-refractivity contribution is 0.206. The minimum atomic E-state index is -0.354. The first-order valence-electron chi connectivity index (χ1n) is 7.01. The van der Waals surface area contributed by atoms with Gasteiger partial charge < -0.3 is 15.6 Å². The minimum absolute atomic E-state index is 0.168. The number of hydrogen-bond acceptors (Lipinski definition) is 5. The molecular weight excluding hydrogens is 228 g/mol. The maximum Gasteiger partial charge on any atom is 0.246 e. The molecule has 1 aromatic heterocycles. The van der Waals surface area contributed by atoms with Crippen LogP contribution < -0.4 is 11.1 Å². The van der Waals surface area contributed by atoms with Gasteiger partial charge in [0, 0.05) is 0 Å². The lowest BCUT2D eigenvalue weighted by Gasteiger charge is -2.31. The molecule has 1 aliphatic carbocycles. The van der Waals surface area contributed by atoms with Crippen molar-refractivity contribution < 1.29 is 4.52 Å². The third-order valence-corrected chi connectivity index (χ3v) is 4.46. The maximum atomic E-state index is 6.36. The van der Waals surface area contributed by atoms with Crippen LogP contribution in [0.1, 0.15) is 63.6 Å². The van der Waals surface area contributed by atoms with Crippen LogP contribution in [-0.4, -0.2) is 16.7 Å². The van der Waals surface area contributed by atoms with E-state index in [1.54, 1.807) is 0 Å². The highest BCUT2D eigenvalue weighted by Crippen LogP contribution is 2.36. The molecule has 3 N–H and O–H groups in total. The van der Waals surface area contributed by atoms with Crippen LogP contribution in [0.25, 0.3) is 0 Å². The highest BCUT2D eigenvalue weighted by Gasteiger charge is 2.39. The Labute approximate surface area is 108 Å². The molecule has 5 nitrogen and oxygen atoms in total. The zero-order chi connectivity index (χ0) is 12.6. The first kappa shape index (κ1) is 12.1. The van der Waals surface area contributed by atoms with Gasteiger partial charge in [0.1, 0.15) is 0 Å². The van der Waals surface area contributed by atoms with Crippen LogP contribution in [-0.2, 0) is 11.1 Å². The molecule has 1 saturated heterocycles. The number of nitrogens with one attached hydrogen (secondary N) is 1. The molecular formula is C13H22N4O. The molecule has 100 valence electrons. The van der Waals surface area contributed by atoms with Gasteiger partial charge in [0.05, 0.1) is 11.1 Å². The third-order valence-electron chi connectivity index (χ3n) is 4.46. The number of nitrogens with zero attached hydrogens (tertiary/aromatic N) is 2. The number of nitrogens with two attached hydrogens (primary N) is 1. The van der Waals surface area contributed by atoms with E-state index in [2.05, 4.69) is 22.4 Å². The van der Waals surface area contributed by atoms with Gasteiger partial charge in [-0.3, -0.25) is 0 Å². The smallest absolute Gasteiger partial charge is 0.246 e. The van der Waals surface area contributed by atoms with Gasteiger partial charge in [-0.1, -0.05) is 18.0 Å². The van der Waals surface area contributed by atoms with Crippen LogP contribution in [0.4, 0.5) is 0 Å². The predicted molar refractivity (Wildman–Crippen MR) is 67.8 cm³/mol. The Bertz CT molecular complexity index is 416. The van der Waals surface area contributed by atoms with Gasteiger partial charge in [-0.05, 0) is 45.6 Å². The molecule has 1 unspecified atom stereocenters. The normalized spacial score (nSPS) is 31.7. The van der Waals surface area contributed by atoms with Gasteiger partial charge >= 0.3 is 0 Å². The minimum Gasteiger partial charge on any atom is -0.337 e. The molecule has 1 aromatic rings. The van der Waals surface area contributed by atoms with Crippen LogP contribution in [0.15, 0.2) is 4.52 Å². The Kier molecular flexibility index (Phi) is 2.90. The van der Waals surface area contributed by atoms with E-state index < -0.39 is 0 Å². The monoisotopic (exact) mass is 250 g/mol. The second-order valence-corrected chi connectivity index (χ2v) is 6.00. The number of aromatic nitrogens is 2. The van der Waals surface area contributed by atoms with Crippen molar-refractivity contribution in [1.82, 2.24) is 15.5 Å². The fourth-order valence-corrected chi connectivity index (χ4v) is 3.12. The number of piperidine rings is 1. The molecule has 0 amide bonds. The Hall–Kier alpha value is -0.940. The van der Waals surface area contributed by atoms with Gasteiger partial charge in [0.15, 0.2) is 5.82 Å². The fourth-order valence-electron chi connectivity index (χ4n) is 3.12. The summed E-state index contributed by atoms with van der Waals surface area (Å²) in [4.78, 5) is 4.59. The van der Waals surface area contributed by atoms with Gasteiger partial charge in [-0.2, -0.15) is 4.98 Å². The summed E-state index contributed by atoms with van der Waals surface area (Å²) in [6.45, 7) is 3.16. The van der Waals surface area contributed by atoms with E-state index in [1.165, 1.54) is 12.8 Å². The summed E-state index contributed by atoms with van der Waals surface area (Å²) in [6, 6.07) is 0. The third kappa shape index (κ3) is 1.95. The summed E-state index contributed by atoms with van der Waals surface area (Å²) in [5.74, 6) is 1.40. The molecule has 1 saturated carbocycles. The second kappa shape index (κ2) is 4.31. The van der Waals surface area contributed by atoms with E-state index in [0.29, 0.717) is 11.7 Å². The molecule has 0 radical (unpaired) electrons.